The van der Waals surface area contributed by atoms with Gasteiger partial charge in [0.1, 0.15) is 5.82 Å². The maximum Gasteiger partial charge on any atom is 0.224 e. The van der Waals surface area contributed by atoms with E-state index in [0.717, 1.165) is 24.9 Å². The van der Waals surface area contributed by atoms with Gasteiger partial charge in [-0.1, -0.05) is 0 Å². The van der Waals surface area contributed by atoms with E-state index in [1.54, 1.807) is 6.20 Å². The fourth-order valence-corrected chi connectivity index (χ4v) is 3.16. The van der Waals surface area contributed by atoms with Gasteiger partial charge in [-0.05, 0) is 44.0 Å². The van der Waals surface area contributed by atoms with Crippen LogP contribution in [0.3, 0.4) is 0 Å². The molecule has 92 valence electrons. The largest absolute Gasteiger partial charge is 0.355 e. The summed E-state index contributed by atoms with van der Waals surface area (Å²) < 4.78 is 0. The average molecular weight is 253 g/mol. The Hall–Kier alpha value is -0.870. The Morgan fingerprint density at radius 3 is 2.94 bits per heavy atom. The van der Waals surface area contributed by atoms with Gasteiger partial charge in [0.25, 0.3) is 0 Å². The molecule has 1 aromatic heterocycles. The Labute approximate surface area is 107 Å². The molecule has 0 aromatic carbocycles. The van der Waals surface area contributed by atoms with E-state index < -0.39 is 0 Å². The number of fused-ring (bicyclic) bond motifs is 2. The molecule has 2 bridgehead atoms. The second kappa shape index (κ2) is 4.42. The molecule has 3 heterocycles. The Morgan fingerprint density at radius 1 is 1.29 bits per heavy atom. The number of rotatable bonds is 1. The van der Waals surface area contributed by atoms with Gasteiger partial charge in [-0.2, -0.15) is 0 Å². The van der Waals surface area contributed by atoms with E-state index in [-0.39, 0.29) is 0 Å². The molecule has 3 rings (SSSR count). The van der Waals surface area contributed by atoms with Gasteiger partial charge in [-0.15, -0.1) is 0 Å². The van der Waals surface area contributed by atoms with Crippen LogP contribution in [0.2, 0.25) is 5.28 Å². The summed E-state index contributed by atoms with van der Waals surface area (Å²) in [5.41, 5.74) is 0. The van der Waals surface area contributed by atoms with Gasteiger partial charge >= 0.3 is 0 Å². The van der Waals surface area contributed by atoms with Crippen molar-refractivity contribution in [3.05, 3.63) is 17.5 Å². The summed E-state index contributed by atoms with van der Waals surface area (Å²) in [5, 5.41) is 0.338. The van der Waals surface area contributed by atoms with Crippen LogP contribution in [0.25, 0.3) is 0 Å². The van der Waals surface area contributed by atoms with Crippen molar-refractivity contribution >= 4 is 17.4 Å². The Morgan fingerprint density at radius 2 is 2.12 bits per heavy atom. The van der Waals surface area contributed by atoms with Crippen molar-refractivity contribution in [2.24, 2.45) is 0 Å². The quantitative estimate of drug-likeness (QED) is 0.714. The Kier molecular flexibility index (Phi) is 2.92. The Bertz CT molecular complexity index is 411. The van der Waals surface area contributed by atoms with Crippen molar-refractivity contribution in [3.8, 4) is 0 Å². The van der Waals surface area contributed by atoms with Crippen LogP contribution in [-0.2, 0) is 0 Å². The van der Waals surface area contributed by atoms with E-state index >= 15 is 0 Å². The maximum absolute atomic E-state index is 5.85. The molecule has 2 saturated heterocycles. The first-order chi connectivity index (χ1) is 8.24. The summed E-state index contributed by atoms with van der Waals surface area (Å²) >= 11 is 5.85. The van der Waals surface area contributed by atoms with Gasteiger partial charge in [-0.25, -0.2) is 9.97 Å². The number of anilines is 1. The SMILES string of the molecule is CN1C2CCC1CN(c1ccnc(Cl)n1)CC2. The minimum absolute atomic E-state index is 0.338. The highest BCUT2D eigenvalue weighted by Gasteiger charge is 2.34. The molecule has 1 aromatic rings. The van der Waals surface area contributed by atoms with E-state index in [9.17, 15) is 0 Å². The zero-order chi connectivity index (χ0) is 11.8. The van der Waals surface area contributed by atoms with Crippen molar-refractivity contribution in [2.75, 3.05) is 25.0 Å². The third kappa shape index (κ3) is 2.11. The zero-order valence-corrected chi connectivity index (χ0v) is 10.8. The van der Waals surface area contributed by atoms with Crippen molar-refractivity contribution < 1.29 is 0 Å². The zero-order valence-electron chi connectivity index (χ0n) is 10.0. The second-order valence-corrected chi connectivity index (χ2v) is 5.31. The molecule has 0 spiro atoms. The van der Waals surface area contributed by atoms with E-state index in [4.69, 9.17) is 11.6 Å². The molecule has 5 heteroatoms. The second-order valence-electron chi connectivity index (χ2n) is 4.97. The molecule has 2 unspecified atom stereocenters. The number of hydrogen-bond acceptors (Lipinski definition) is 4. The predicted octanol–water partition coefficient (Wildman–Crippen LogP) is 1.80. The van der Waals surface area contributed by atoms with Crippen molar-refractivity contribution in [3.63, 3.8) is 0 Å². The topological polar surface area (TPSA) is 32.3 Å². The van der Waals surface area contributed by atoms with Gasteiger partial charge in [0.2, 0.25) is 5.28 Å². The molecule has 2 aliphatic rings. The number of nitrogens with zero attached hydrogens (tertiary/aromatic N) is 4. The van der Waals surface area contributed by atoms with Crippen LogP contribution in [0.4, 0.5) is 5.82 Å². The molecular weight excluding hydrogens is 236 g/mol. The molecule has 2 fully saturated rings. The van der Waals surface area contributed by atoms with Crippen LogP contribution in [0.15, 0.2) is 12.3 Å². The fraction of sp³-hybridized carbons (Fsp3) is 0.667. The lowest BCUT2D eigenvalue weighted by atomic mass is 10.1. The first-order valence-corrected chi connectivity index (χ1v) is 6.57. The highest BCUT2D eigenvalue weighted by atomic mass is 35.5. The molecule has 4 nitrogen and oxygen atoms in total. The van der Waals surface area contributed by atoms with Crippen molar-refractivity contribution in [1.29, 1.82) is 0 Å². The van der Waals surface area contributed by atoms with Gasteiger partial charge < -0.3 is 4.90 Å². The van der Waals surface area contributed by atoms with Crippen LogP contribution in [0, 0.1) is 0 Å². The third-order valence-corrected chi connectivity index (χ3v) is 4.27. The van der Waals surface area contributed by atoms with Gasteiger partial charge in [0, 0.05) is 31.4 Å². The highest BCUT2D eigenvalue weighted by Crippen LogP contribution is 2.30. The molecule has 0 aliphatic carbocycles. The lowest BCUT2D eigenvalue weighted by Gasteiger charge is -2.26. The standard InChI is InChI=1S/C12H17ClN4/c1-16-9-2-3-10(16)8-17(7-5-9)11-4-6-14-12(13)15-11/h4,6,9-10H,2-3,5,7-8H2,1H3. The number of halogens is 1. The van der Waals surface area contributed by atoms with Crippen molar-refractivity contribution in [1.82, 2.24) is 14.9 Å². The first kappa shape index (κ1) is 11.2. The van der Waals surface area contributed by atoms with E-state index in [1.807, 2.05) is 6.07 Å². The van der Waals surface area contributed by atoms with E-state index in [0.29, 0.717) is 11.3 Å². The van der Waals surface area contributed by atoms with Crippen LogP contribution in [-0.4, -0.2) is 47.1 Å². The van der Waals surface area contributed by atoms with E-state index in [1.165, 1.54) is 19.3 Å². The highest BCUT2D eigenvalue weighted by molar-refractivity contribution is 6.28. The number of aromatic nitrogens is 2. The molecule has 2 aliphatic heterocycles. The normalized spacial score (nSPS) is 29.4. The number of hydrogen-bond donors (Lipinski definition) is 0. The molecule has 17 heavy (non-hydrogen) atoms. The van der Waals surface area contributed by atoms with Gasteiger partial charge in [0.05, 0.1) is 0 Å². The van der Waals surface area contributed by atoms with Crippen LogP contribution in [0.1, 0.15) is 19.3 Å². The summed E-state index contributed by atoms with van der Waals surface area (Å²) in [6.07, 6.45) is 5.60. The molecule has 0 amide bonds. The summed E-state index contributed by atoms with van der Waals surface area (Å²) in [7, 11) is 2.25. The van der Waals surface area contributed by atoms with Crippen LogP contribution < -0.4 is 4.90 Å². The molecule has 0 saturated carbocycles. The summed E-state index contributed by atoms with van der Waals surface area (Å²) in [4.78, 5) is 13.1. The predicted molar refractivity (Wildman–Crippen MR) is 68.4 cm³/mol. The average Bonchev–Trinajstić information content (AvgIpc) is 2.53. The summed E-state index contributed by atoms with van der Waals surface area (Å²) in [5.74, 6) is 0.964. The van der Waals surface area contributed by atoms with E-state index in [2.05, 4.69) is 26.8 Å². The number of likely N-dealkylation sites (N-methyl/N-ethyl adjacent to an activating group) is 1. The minimum atomic E-state index is 0.338. The lowest BCUT2D eigenvalue weighted by Crippen LogP contribution is -2.37. The smallest absolute Gasteiger partial charge is 0.224 e. The minimum Gasteiger partial charge on any atom is -0.355 e. The molecule has 0 N–H and O–H groups in total. The third-order valence-electron chi connectivity index (χ3n) is 4.08. The monoisotopic (exact) mass is 252 g/mol. The van der Waals surface area contributed by atoms with Gasteiger partial charge in [-0.3, -0.25) is 4.90 Å². The van der Waals surface area contributed by atoms with Crippen molar-refractivity contribution in [2.45, 2.75) is 31.3 Å². The molecule has 0 radical (unpaired) electrons. The summed E-state index contributed by atoms with van der Waals surface area (Å²) in [6.45, 7) is 2.12. The molecular formula is C12H17ClN4. The Balaban J connectivity index is 1.81. The maximum atomic E-state index is 5.85. The van der Waals surface area contributed by atoms with Gasteiger partial charge in [0.15, 0.2) is 0 Å². The fourth-order valence-electron chi connectivity index (χ4n) is 3.02. The summed E-state index contributed by atoms with van der Waals surface area (Å²) in [6, 6.07) is 3.36. The molecule has 2 atom stereocenters. The van der Waals surface area contributed by atoms with Crippen LogP contribution >= 0.6 is 11.6 Å². The first-order valence-electron chi connectivity index (χ1n) is 6.19. The van der Waals surface area contributed by atoms with Crippen LogP contribution in [0.5, 0.6) is 0 Å². The lowest BCUT2D eigenvalue weighted by molar-refractivity contribution is 0.254.